The molecule has 6 heteroatoms. The maximum absolute atomic E-state index is 13.3. The van der Waals surface area contributed by atoms with Crippen LogP contribution in [0.2, 0.25) is 0 Å². The van der Waals surface area contributed by atoms with Crippen LogP contribution in [0.3, 0.4) is 0 Å². The van der Waals surface area contributed by atoms with Crippen LogP contribution in [0.1, 0.15) is 5.56 Å². The van der Waals surface area contributed by atoms with Crippen LogP contribution in [0.4, 0.5) is 10.1 Å². The molecule has 2 aromatic rings. The monoisotopic (exact) mass is 372 g/mol. The normalized spacial score (nSPS) is 14.9. The van der Waals surface area contributed by atoms with Gasteiger partial charge in [-0.2, -0.15) is 0 Å². The number of ether oxygens (including phenoxy) is 1. The minimum atomic E-state index is -0.272. The van der Waals surface area contributed by atoms with Crippen molar-refractivity contribution < 1.29 is 18.8 Å². The molecule has 0 aromatic heterocycles. The van der Waals surface area contributed by atoms with Crippen molar-refractivity contribution in [3.63, 3.8) is 0 Å². The molecular formula is C21H27FN3O2+. The molecule has 1 fully saturated rings. The fourth-order valence-corrected chi connectivity index (χ4v) is 3.48. The minimum Gasteiger partial charge on any atom is -0.495 e. The number of benzene rings is 2. The second kappa shape index (κ2) is 8.86. The number of carbonyl (C=O) groups is 1. The number of quaternary nitrogens is 1. The number of hydrogen-bond acceptors (Lipinski definition) is 3. The number of hydrogen-bond donors (Lipinski definition) is 1. The summed E-state index contributed by atoms with van der Waals surface area (Å²) in [4.78, 5) is 17.8. The van der Waals surface area contributed by atoms with E-state index in [4.69, 9.17) is 4.74 Å². The summed E-state index contributed by atoms with van der Waals surface area (Å²) in [7, 11) is 3.46. The Balaban J connectivity index is 1.50. The van der Waals surface area contributed by atoms with Crippen LogP contribution < -0.4 is 14.5 Å². The highest BCUT2D eigenvalue weighted by molar-refractivity contribution is 5.76. The van der Waals surface area contributed by atoms with E-state index in [1.54, 1.807) is 25.1 Å². The van der Waals surface area contributed by atoms with Crippen LogP contribution in [0.25, 0.3) is 0 Å². The fraction of sp³-hybridized carbons (Fsp3) is 0.381. The zero-order valence-electron chi connectivity index (χ0n) is 16.0. The van der Waals surface area contributed by atoms with Gasteiger partial charge in [0, 0.05) is 13.6 Å². The number of rotatable bonds is 6. The molecule has 0 atom stereocenters. The summed E-state index contributed by atoms with van der Waals surface area (Å²) >= 11 is 0. The fourth-order valence-electron chi connectivity index (χ4n) is 3.48. The van der Waals surface area contributed by atoms with E-state index in [1.165, 1.54) is 17.0 Å². The van der Waals surface area contributed by atoms with Gasteiger partial charge < -0.3 is 19.4 Å². The highest BCUT2D eigenvalue weighted by Crippen LogP contribution is 2.27. The molecular weight excluding hydrogens is 345 g/mol. The Morgan fingerprint density at radius 1 is 1.19 bits per heavy atom. The summed E-state index contributed by atoms with van der Waals surface area (Å²) in [5.41, 5.74) is 1.91. The number of nitrogens with zero attached hydrogens (tertiary/aromatic N) is 2. The van der Waals surface area contributed by atoms with Gasteiger partial charge in [-0.05, 0) is 29.8 Å². The van der Waals surface area contributed by atoms with Gasteiger partial charge >= 0.3 is 0 Å². The molecule has 1 saturated heterocycles. The lowest BCUT2D eigenvalue weighted by Crippen LogP contribution is -3.15. The standard InChI is InChI=1S/C21H26FN3O2/c1-23(15-17-6-5-7-18(22)14-17)21(26)16-24-10-12-25(13-11-24)19-8-3-4-9-20(19)27-2/h3-9,14H,10-13,15-16H2,1-2H3/p+1. The van der Waals surface area contributed by atoms with E-state index in [0.29, 0.717) is 13.1 Å². The van der Waals surface area contributed by atoms with Crippen LogP contribution in [-0.4, -0.2) is 57.7 Å². The van der Waals surface area contributed by atoms with E-state index < -0.39 is 0 Å². The molecule has 1 N–H and O–H groups in total. The highest BCUT2D eigenvalue weighted by Gasteiger charge is 2.25. The first-order chi connectivity index (χ1) is 13.1. The van der Waals surface area contributed by atoms with Gasteiger partial charge in [-0.3, -0.25) is 4.79 Å². The number of anilines is 1. The second-order valence-electron chi connectivity index (χ2n) is 6.97. The average molecular weight is 372 g/mol. The minimum absolute atomic E-state index is 0.0833. The first-order valence-electron chi connectivity index (χ1n) is 9.27. The van der Waals surface area contributed by atoms with E-state index in [9.17, 15) is 9.18 Å². The third-order valence-corrected chi connectivity index (χ3v) is 5.03. The Hall–Kier alpha value is -2.60. The largest absolute Gasteiger partial charge is 0.495 e. The number of methoxy groups -OCH3 is 1. The first kappa shape index (κ1) is 19.2. The van der Waals surface area contributed by atoms with Crippen LogP contribution in [0.15, 0.2) is 48.5 Å². The number of carbonyl (C=O) groups excluding carboxylic acids is 1. The summed E-state index contributed by atoms with van der Waals surface area (Å²) in [6.45, 7) is 4.46. The molecule has 0 aliphatic carbocycles. The Kier molecular flexibility index (Phi) is 6.29. The average Bonchev–Trinajstić information content (AvgIpc) is 2.68. The first-order valence-corrected chi connectivity index (χ1v) is 9.27. The van der Waals surface area contributed by atoms with Crippen molar-refractivity contribution in [3.8, 4) is 5.75 Å². The van der Waals surface area contributed by atoms with Gasteiger partial charge in [0.05, 0.1) is 39.0 Å². The Bertz CT molecular complexity index is 776. The van der Waals surface area contributed by atoms with Crippen LogP contribution in [0, 0.1) is 5.82 Å². The van der Waals surface area contributed by atoms with Gasteiger partial charge in [-0.25, -0.2) is 4.39 Å². The molecule has 1 aliphatic heterocycles. The van der Waals surface area contributed by atoms with Gasteiger partial charge in [-0.1, -0.05) is 24.3 Å². The van der Waals surface area contributed by atoms with E-state index in [0.717, 1.165) is 43.2 Å². The molecule has 144 valence electrons. The van der Waals surface area contributed by atoms with Crippen molar-refractivity contribution in [1.29, 1.82) is 0 Å². The molecule has 1 amide bonds. The quantitative estimate of drug-likeness (QED) is 0.828. The van der Waals surface area contributed by atoms with Crippen molar-refractivity contribution >= 4 is 11.6 Å². The van der Waals surface area contributed by atoms with Crippen LogP contribution in [-0.2, 0) is 11.3 Å². The van der Waals surface area contributed by atoms with Crippen molar-refractivity contribution in [2.75, 3.05) is 51.8 Å². The summed E-state index contributed by atoms with van der Waals surface area (Å²) in [5.74, 6) is 0.693. The topological polar surface area (TPSA) is 37.2 Å². The predicted molar refractivity (Wildman–Crippen MR) is 104 cm³/mol. The van der Waals surface area contributed by atoms with Crippen LogP contribution >= 0.6 is 0 Å². The van der Waals surface area contributed by atoms with Crippen LogP contribution in [0.5, 0.6) is 5.75 Å². The molecule has 5 nitrogen and oxygen atoms in total. The van der Waals surface area contributed by atoms with Crippen molar-refractivity contribution in [3.05, 3.63) is 59.9 Å². The van der Waals surface area contributed by atoms with Gasteiger partial charge in [0.25, 0.3) is 5.91 Å². The molecule has 27 heavy (non-hydrogen) atoms. The van der Waals surface area contributed by atoms with Crippen molar-refractivity contribution in [2.45, 2.75) is 6.54 Å². The van der Waals surface area contributed by atoms with E-state index in [-0.39, 0.29) is 11.7 Å². The molecule has 2 aromatic carbocycles. The number of halogens is 1. The van der Waals surface area contributed by atoms with Gasteiger partial charge in [-0.15, -0.1) is 0 Å². The Morgan fingerprint density at radius 3 is 2.63 bits per heavy atom. The summed E-state index contributed by atoms with van der Waals surface area (Å²) in [6, 6.07) is 14.4. The predicted octanol–water partition coefficient (Wildman–Crippen LogP) is 1.20. The lowest BCUT2D eigenvalue weighted by Gasteiger charge is -2.34. The van der Waals surface area contributed by atoms with Gasteiger partial charge in [0.15, 0.2) is 6.54 Å². The van der Waals surface area contributed by atoms with E-state index >= 15 is 0 Å². The van der Waals surface area contributed by atoms with Gasteiger partial charge in [0.2, 0.25) is 0 Å². The Labute approximate surface area is 159 Å². The lowest BCUT2D eigenvalue weighted by molar-refractivity contribution is -0.892. The zero-order valence-corrected chi connectivity index (χ0v) is 16.0. The SMILES string of the molecule is COc1ccccc1N1CC[NH+](CC(=O)N(C)Cc2cccc(F)c2)CC1. The molecule has 0 spiro atoms. The van der Waals surface area contributed by atoms with E-state index in [1.807, 2.05) is 24.3 Å². The van der Waals surface area contributed by atoms with Crippen molar-refractivity contribution in [2.24, 2.45) is 0 Å². The summed E-state index contributed by atoms with van der Waals surface area (Å²) in [5, 5.41) is 0. The summed E-state index contributed by atoms with van der Waals surface area (Å²) < 4.78 is 18.8. The van der Waals surface area contributed by atoms with Gasteiger partial charge in [0.1, 0.15) is 11.6 Å². The number of piperazine rings is 1. The molecule has 0 bridgehead atoms. The lowest BCUT2D eigenvalue weighted by atomic mass is 10.2. The Morgan fingerprint density at radius 2 is 1.93 bits per heavy atom. The number of para-hydroxylation sites is 2. The maximum Gasteiger partial charge on any atom is 0.277 e. The summed E-state index contributed by atoms with van der Waals surface area (Å²) in [6.07, 6.45) is 0. The highest BCUT2D eigenvalue weighted by atomic mass is 19.1. The number of nitrogens with one attached hydrogen (secondary N) is 1. The third kappa shape index (κ3) is 4.98. The maximum atomic E-state index is 13.3. The molecule has 1 heterocycles. The number of amides is 1. The molecule has 0 saturated carbocycles. The van der Waals surface area contributed by atoms with Crippen molar-refractivity contribution in [1.82, 2.24) is 4.90 Å². The molecule has 0 radical (unpaired) electrons. The molecule has 0 unspecified atom stereocenters. The smallest absolute Gasteiger partial charge is 0.277 e. The second-order valence-corrected chi connectivity index (χ2v) is 6.97. The number of likely N-dealkylation sites (N-methyl/N-ethyl adjacent to an activating group) is 1. The molecule has 3 rings (SSSR count). The third-order valence-electron chi connectivity index (χ3n) is 5.03. The molecule has 1 aliphatic rings. The zero-order chi connectivity index (χ0) is 19.2. The van der Waals surface area contributed by atoms with E-state index in [2.05, 4.69) is 11.0 Å².